The third-order valence-electron chi connectivity index (χ3n) is 5.28. The summed E-state index contributed by atoms with van der Waals surface area (Å²) in [7, 11) is 0. The number of benzene rings is 1. The number of nitrogens with one attached hydrogen (secondary N) is 1. The number of carboxylic acid groups (broad SMARTS) is 1. The highest BCUT2D eigenvalue weighted by Gasteiger charge is 2.37. The van der Waals surface area contributed by atoms with Crippen molar-refractivity contribution in [1.82, 2.24) is 5.32 Å². The largest absolute Gasteiger partial charge is 0.481 e. The summed E-state index contributed by atoms with van der Waals surface area (Å²) in [6, 6.07) is 7.75. The predicted molar refractivity (Wildman–Crippen MR) is 93.2 cm³/mol. The lowest BCUT2D eigenvalue weighted by molar-refractivity contribution is -0.141. The van der Waals surface area contributed by atoms with Crippen molar-refractivity contribution in [3.05, 3.63) is 29.8 Å². The lowest BCUT2D eigenvalue weighted by Crippen LogP contribution is -2.39. The number of aryl methyl sites for hydroxylation is 1. The first kappa shape index (κ1) is 17.5. The predicted octanol–water partition coefficient (Wildman–Crippen LogP) is 1.97. The standard InChI is InChI=1S/C19H24N2O4/c1-2-12-3-7-16(8-4-12)21-11-14(10-17(21)22)18(23)20-15-6-5-13(9-15)19(24)25/h3-4,7-8,13-15H,2,5-6,9-11H2,1H3,(H,20,23)(H,24,25)/t13-,14?,15+/m0/s1. The van der Waals surface area contributed by atoms with Crippen molar-refractivity contribution in [2.75, 3.05) is 11.4 Å². The summed E-state index contributed by atoms with van der Waals surface area (Å²) < 4.78 is 0. The zero-order valence-electron chi connectivity index (χ0n) is 14.4. The third kappa shape index (κ3) is 3.83. The molecule has 0 aromatic heterocycles. The Labute approximate surface area is 147 Å². The number of carbonyl (C=O) groups is 3. The molecule has 25 heavy (non-hydrogen) atoms. The Bertz CT molecular complexity index is 671. The third-order valence-corrected chi connectivity index (χ3v) is 5.28. The van der Waals surface area contributed by atoms with Crippen molar-refractivity contribution in [1.29, 1.82) is 0 Å². The monoisotopic (exact) mass is 344 g/mol. The first-order valence-corrected chi connectivity index (χ1v) is 8.90. The fourth-order valence-electron chi connectivity index (χ4n) is 3.70. The Balaban J connectivity index is 1.58. The van der Waals surface area contributed by atoms with Gasteiger partial charge in [0.25, 0.3) is 0 Å². The van der Waals surface area contributed by atoms with Gasteiger partial charge in [-0.3, -0.25) is 14.4 Å². The zero-order valence-corrected chi connectivity index (χ0v) is 14.4. The van der Waals surface area contributed by atoms with Crippen LogP contribution < -0.4 is 10.2 Å². The Kier molecular flexibility index (Phi) is 5.06. The zero-order chi connectivity index (χ0) is 18.0. The molecule has 1 aliphatic heterocycles. The lowest BCUT2D eigenvalue weighted by Gasteiger charge is -2.18. The van der Waals surface area contributed by atoms with E-state index in [1.165, 1.54) is 5.56 Å². The molecule has 0 bridgehead atoms. The summed E-state index contributed by atoms with van der Waals surface area (Å²) in [6.45, 7) is 2.46. The maximum atomic E-state index is 12.5. The molecule has 2 fully saturated rings. The molecular weight excluding hydrogens is 320 g/mol. The number of rotatable bonds is 5. The number of nitrogens with zero attached hydrogens (tertiary/aromatic N) is 1. The van der Waals surface area contributed by atoms with E-state index in [-0.39, 0.29) is 36.1 Å². The van der Waals surface area contributed by atoms with Gasteiger partial charge in [0.1, 0.15) is 0 Å². The second-order valence-corrected chi connectivity index (χ2v) is 6.98. The van der Waals surface area contributed by atoms with Crippen molar-refractivity contribution < 1.29 is 19.5 Å². The summed E-state index contributed by atoms with van der Waals surface area (Å²) in [4.78, 5) is 37.4. The van der Waals surface area contributed by atoms with E-state index in [1.807, 2.05) is 24.3 Å². The second kappa shape index (κ2) is 7.25. The van der Waals surface area contributed by atoms with Crippen LogP contribution >= 0.6 is 0 Å². The number of aliphatic carboxylic acids is 1. The average molecular weight is 344 g/mol. The summed E-state index contributed by atoms with van der Waals surface area (Å²) in [5.74, 6) is -1.72. The maximum absolute atomic E-state index is 12.5. The van der Waals surface area contributed by atoms with Crippen LogP contribution in [0.2, 0.25) is 0 Å². The summed E-state index contributed by atoms with van der Waals surface area (Å²) in [5, 5.41) is 12.0. The molecule has 3 rings (SSSR count). The summed E-state index contributed by atoms with van der Waals surface area (Å²) >= 11 is 0. The SMILES string of the molecule is CCc1ccc(N2CC(C(=O)N[C@@H]3CC[C@H](C(=O)O)C3)CC2=O)cc1. The van der Waals surface area contributed by atoms with Crippen LogP contribution in [0.1, 0.15) is 38.2 Å². The van der Waals surface area contributed by atoms with Crippen LogP contribution in [-0.2, 0) is 20.8 Å². The molecule has 3 atom stereocenters. The van der Waals surface area contributed by atoms with Crippen LogP contribution in [0.25, 0.3) is 0 Å². The van der Waals surface area contributed by atoms with Crippen LogP contribution in [-0.4, -0.2) is 35.5 Å². The normalized spacial score (nSPS) is 26.0. The average Bonchev–Trinajstić information content (AvgIpc) is 3.22. The molecule has 2 amide bonds. The van der Waals surface area contributed by atoms with E-state index < -0.39 is 5.97 Å². The van der Waals surface area contributed by atoms with E-state index in [2.05, 4.69) is 12.2 Å². The van der Waals surface area contributed by atoms with Crippen molar-refractivity contribution in [2.45, 2.75) is 45.1 Å². The van der Waals surface area contributed by atoms with Crippen molar-refractivity contribution in [3.8, 4) is 0 Å². The van der Waals surface area contributed by atoms with Crippen LogP contribution in [0.15, 0.2) is 24.3 Å². The Hall–Kier alpha value is -2.37. The molecule has 6 nitrogen and oxygen atoms in total. The minimum absolute atomic E-state index is 0.0424. The molecule has 1 unspecified atom stereocenters. The molecule has 0 spiro atoms. The van der Waals surface area contributed by atoms with Gasteiger partial charge in [0, 0.05) is 24.7 Å². The molecule has 1 aliphatic carbocycles. The van der Waals surface area contributed by atoms with Crippen LogP contribution in [0.3, 0.4) is 0 Å². The number of hydrogen-bond acceptors (Lipinski definition) is 3. The maximum Gasteiger partial charge on any atom is 0.306 e. The minimum Gasteiger partial charge on any atom is -0.481 e. The highest BCUT2D eigenvalue weighted by atomic mass is 16.4. The van der Waals surface area contributed by atoms with E-state index >= 15 is 0 Å². The van der Waals surface area contributed by atoms with E-state index in [0.29, 0.717) is 25.8 Å². The van der Waals surface area contributed by atoms with Gasteiger partial charge in [0.15, 0.2) is 0 Å². The van der Waals surface area contributed by atoms with E-state index in [4.69, 9.17) is 5.11 Å². The summed E-state index contributed by atoms with van der Waals surface area (Å²) in [5.41, 5.74) is 2.03. The molecule has 2 N–H and O–H groups in total. The van der Waals surface area contributed by atoms with Crippen molar-refractivity contribution in [2.24, 2.45) is 11.8 Å². The first-order valence-electron chi connectivity index (χ1n) is 8.90. The lowest BCUT2D eigenvalue weighted by atomic mass is 10.1. The second-order valence-electron chi connectivity index (χ2n) is 6.98. The van der Waals surface area contributed by atoms with Crippen LogP contribution in [0.4, 0.5) is 5.69 Å². The first-order chi connectivity index (χ1) is 12.0. The summed E-state index contributed by atoms with van der Waals surface area (Å²) in [6.07, 6.45) is 2.91. The number of carbonyl (C=O) groups excluding carboxylic acids is 2. The molecule has 134 valence electrons. The Morgan fingerprint density at radius 3 is 2.52 bits per heavy atom. The van der Waals surface area contributed by atoms with Gasteiger partial charge in [-0.1, -0.05) is 19.1 Å². The quantitative estimate of drug-likeness (QED) is 0.855. The topological polar surface area (TPSA) is 86.7 Å². The van der Waals surface area contributed by atoms with Gasteiger partial charge in [-0.25, -0.2) is 0 Å². The number of amides is 2. The number of carboxylic acids is 1. The van der Waals surface area contributed by atoms with Gasteiger partial charge in [-0.15, -0.1) is 0 Å². The fourth-order valence-corrected chi connectivity index (χ4v) is 3.70. The van der Waals surface area contributed by atoms with Gasteiger partial charge >= 0.3 is 5.97 Å². The van der Waals surface area contributed by atoms with E-state index in [0.717, 1.165) is 12.1 Å². The smallest absolute Gasteiger partial charge is 0.306 e. The van der Waals surface area contributed by atoms with Gasteiger partial charge in [-0.05, 0) is 43.4 Å². The highest BCUT2D eigenvalue weighted by Crippen LogP contribution is 2.28. The Morgan fingerprint density at radius 1 is 1.20 bits per heavy atom. The molecule has 1 aromatic rings. The van der Waals surface area contributed by atoms with Crippen molar-refractivity contribution in [3.63, 3.8) is 0 Å². The molecule has 1 saturated carbocycles. The Morgan fingerprint density at radius 2 is 1.92 bits per heavy atom. The van der Waals surface area contributed by atoms with Crippen LogP contribution in [0, 0.1) is 11.8 Å². The molecule has 1 heterocycles. The number of hydrogen-bond donors (Lipinski definition) is 2. The molecule has 1 aromatic carbocycles. The number of anilines is 1. The fraction of sp³-hybridized carbons (Fsp3) is 0.526. The van der Waals surface area contributed by atoms with Gasteiger partial charge in [0.05, 0.1) is 11.8 Å². The minimum atomic E-state index is -0.797. The van der Waals surface area contributed by atoms with E-state index in [9.17, 15) is 14.4 Å². The molecule has 0 radical (unpaired) electrons. The molecular formula is C19H24N2O4. The van der Waals surface area contributed by atoms with E-state index in [1.54, 1.807) is 4.90 Å². The molecule has 1 saturated heterocycles. The highest BCUT2D eigenvalue weighted by molar-refractivity contribution is 6.00. The molecule has 6 heteroatoms. The van der Waals surface area contributed by atoms with Crippen LogP contribution in [0.5, 0.6) is 0 Å². The van der Waals surface area contributed by atoms with Gasteiger partial charge < -0.3 is 15.3 Å². The molecule has 2 aliphatic rings. The van der Waals surface area contributed by atoms with Gasteiger partial charge in [0.2, 0.25) is 11.8 Å². The van der Waals surface area contributed by atoms with Gasteiger partial charge in [-0.2, -0.15) is 0 Å². The van der Waals surface area contributed by atoms with Crippen molar-refractivity contribution >= 4 is 23.5 Å².